The second-order valence-electron chi connectivity index (χ2n) is 4.28. The topological polar surface area (TPSA) is 77.2 Å². The lowest BCUT2D eigenvalue weighted by Crippen LogP contribution is -2.35. The molecule has 0 bridgehead atoms. The molecule has 102 valence electrons. The molecule has 0 aliphatic heterocycles. The minimum atomic E-state index is -0.497. The largest absolute Gasteiger partial charge is 0.495 e. The fourth-order valence-corrected chi connectivity index (χ4v) is 2.12. The van der Waals surface area contributed by atoms with Gasteiger partial charge in [-0.15, -0.1) is 0 Å². The third-order valence-electron chi connectivity index (χ3n) is 3.09. The van der Waals surface area contributed by atoms with Crippen molar-refractivity contribution in [3.05, 3.63) is 63.2 Å². The van der Waals surface area contributed by atoms with Crippen LogP contribution in [0.2, 0.25) is 0 Å². The van der Waals surface area contributed by atoms with E-state index < -0.39 is 5.69 Å². The Bertz CT molecular complexity index is 859. The van der Waals surface area contributed by atoms with Crippen LogP contribution in [0.4, 0.5) is 0 Å². The van der Waals surface area contributed by atoms with E-state index in [1.165, 1.54) is 13.4 Å². The second-order valence-corrected chi connectivity index (χ2v) is 4.28. The zero-order valence-electron chi connectivity index (χ0n) is 10.8. The zero-order chi connectivity index (χ0) is 14.1. The molecule has 6 nitrogen and oxygen atoms in total. The van der Waals surface area contributed by atoms with Crippen molar-refractivity contribution in [1.82, 2.24) is 9.55 Å². The molecule has 0 saturated heterocycles. The highest BCUT2D eigenvalue weighted by atomic mass is 16.5. The van der Waals surface area contributed by atoms with Gasteiger partial charge in [-0.1, -0.05) is 6.07 Å². The number of ether oxygens (including phenoxy) is 1. The average molecular weight is 272 g/mol. The number of aromatic amines is 1. The van der Waals surface area contributed by atoms with Crippen LogP contribution in [-0.2, 0) is 6.54 Å². The number of nitrogens with zero attached hydrogens (tertiary/aromatic N) is 1. The lowest BCUT2D eigenvalue weighted by Gasteiger charge is -2.07. The molecule has 3 aromatic rings. The number of para-hydroxylation sites is 1. The van der Waals surface area contributed by atoms with Gasteiger partial charge in [-0.3, -0.25) is 9.36 Å². The van der Waals surface area contributed by atoms with Gasteiger partial charge in [0.15, 0.2) is 0 Å². The Morgan fingerprint density at radius 3 is 2.80 bits per heavy atom. The van der Waals surface area contributed by atoms with Crippen molar-refractivity contribution in [2.45, 2.75) is 6.54 Å². The second kappa shape index (κ2) is 4.73. The van der Waals surface area contributed by atoms with E-state index in [2.05, 4.69) is 4.98 Å². The SMILES string of the molecule is COc1cccc2c(=O)n(Cc3ccco3)c(=O)[nH]c12. The van der Waals surface area contributed by atoms with E-state index in [0.717, 1.165) is 4.57 Å². The molecule has 0 aliphatic rings. The molecule has 1 aromatic carbocycles. The highest BCUT2D eigenvalue weighted by Crippen LogP contribution is 2.19. The molecular formula is C14H12N2O4. The van der Waals surface area contributed by atoms with Crippen molar-refractivity contribution >= 4 is 10.9 Å². The Kier molecular flexibility index (Phi) is 2.90. The first-order valence-electron chi connectivity index (χ1n) is 6.03. The van der Waals surface area contributed by atoms with Crippen LogP contribution in [0.3, 0.4) is 0 Å². The van der Waals surface area contributed by atoms with Gasteiger partial charge in [0, 0.05) is 0 Å². The first kappa shape index (κ1) is 12.3. The van der Waals surface area contributed by atoms with Crippen molar-refractivity contribution in [3.63, 3.8) is 0 Å². The number of aromatic nitrogens is 2. The third-order valence-corrected chi connectivity index (χ3v) is 3.09. The molecule has 0 saturated carbocycles. The summed E-state index contributed by atoms with van der Waals surface area (Å²) in [4.78, 5) is 27.1. The third kappa shape index (κ3) is 1.91. The summed E-state index contributed by atoms with van der Waals surface area (Å²) >= 11 is 0. The molecular weight excluding hydrogens is 260 g/mol. The molecule has 0 aliphatic carbocycles. The number of benzene rings is 1. The van der Waals surface area contributed by atoms with Crippen LogP contribution in [0.15, 0.2) is 50.6 Å². The summed E-state index contributed by atoms with van der Waals surface area (Å²) in [5.41, 5.74) is -0.469. The van der Waals surface area contributed by atoms with Gasteiger partial charge < -0.3 is 14.1 Å². The van der Waals surface area contributed by atoms with Crippen molar-refractivity contribution < 1.29 is 9.15 Å². The van der Waals surface area contributed by atoms with E-state index >= 15 is 0 Å². The van der Waals surface area contributed by atoms with Crippen LogP contribution in [0.1, 0.15) is 5.76 Å². The monoisotopic (exact) mass is 272 g/mol. The summed E-state index contributed by atoms with van der Waals surface area (Å²) < 4.78 is 11.4. The van der Waals surface area contributed by atoms with E-state index in [-0.39, 0.29) is 12.1 Å². The summed E-state index contributed by atoms with van der Waals surface area (Å²) in [5, 5.41) is 0.399. The molecule has 20 heavy (non-hydrogen) atoms. The summed E-state index contributed by atoms with van der Waals surface area (Å²) in [5.74, 6) is 1.00. The van der Waals surface area contributed by atoms with E-state index in [1.807, 2.05) is 0 Å². The highest BCUT2D eigenvalue weighted by molar-refractivity contribution is 5.83. The maximum Gasteiger partial charge on any atom is 0.329 e. The number of nitrogens with one attached hydrogen (secondary N) is 1. The maximum absolute atomic E-state index is 12.4. The normalized spacial score (nSPS) is 10.8. The van der Waals surface area contributed by atoms with E-state index in [1.54, 1.807) is 30.3 Å². The molecule has 0 unspecified atom stereocenters. The number of methoxy groups -OCH3 is 1. The van der Waals surface area contributed by atoms with Crippen molar-refractivity contribution in [2.75, 3.05) is 7.11 Å². The lowest BCUT2D eigenvalue weighted by molar-refractivity contribution is 0.418. The summed E-state index contributed by atoms with van der Waals surface area (Å²) in [6.07, 6.45) is 1.50. The Morgan fingerprint density at radius 1 is 1.25 bits per heavy atom. The van der Waals surface area contributed by atoms with Crippen LogP contribution >= 0.6 is 0 Å². The number of hydrogen-bond donors (Lipinski definition) is 1. The van der Waals surface area contributed by atoms with Gasteiger partial charge in [-0.2, -0.15) is 0 Å². The summed E-state index contributed by atoms with van der Waals surface area (Å²) in [6, 6.07) is 8.46. The summed E-state index contributed by atoms with van der Waals surface area (Å²) in [6.45, 7) is 0.0916. The molecule has 3 rings (SSSR count). The van der Waals surface area contributed by atoms with E-state index in [9.17, 15) is 9.59 Å². The molecule has 0 radical (unpaired) electrons. The quantitative estimate of drug-likeness (QED) is 0.780. The fourth-order valence-electron chi connectivity index (χ4n) is 2.12. The van der Waals surface area contributed by atoms with Gasteiger partial charge >= 0.3 is 5.69 Å². The van der Waals surface area contributed by atoms with Gasteiger partial charge in [0.2, 0.25) is 0 Å². The molecule has 2 heterocycles. The maximum atomic E-state index is 12.4. The zero-order valence-corrected chi connectivity index (χ0v) is 10.8. The van der Waals surface area contributed by atoms with E-state index in [0.29, 0.717) is 22.4 Å². The van der Waals surface area contributed by atoms with Crippen LogP contribution < -0.4 is 16.0 Å². The minimum Gasteiger partial charge on any atom is -0.495 e. The average Bonchev–Trinajstić information content (AvgIpc) is 2.96. The molecule has 6 heteroatoms. The van der Waals surface area contributed by atoms with Gasteiger partial charge in [0.1, 0.15) is 11.5 Å². The van der Waals surface area contributed by atoms with Gasteiger partial charge in [-0.05, 0) is 24.3 Å². The minimum absolute atomic E-state index is 0.0916. The number of hydrogen-bond acceptors (Lipinski definition) is 4. The van der Waals surface area contributed by atoms with Crippen LogP contribution in [0.25, 0.3) is 10.9 Å². The number of fused-ring (bicyclic) bond motifs is 1. The lowest BCUT2D eigenvalue weighted by atomic mass is 10.2. The van der Waals surface area contributed by atoms with E-state index in [4.69, 9.17) is 9.15 Å². The van der Waals surface area contributed by atoms with Crippen molar-refractivity contribution in [3.8, 4) is 5.75 Å². The van der Waals surface area contributed by atoms with Gasteiger partial charge in [0.05, 0.1) is 30.8 Å². The molecule has 2 aromatic heterocycles. The molecule has 0 spiro atoms. The first-order valence-corrected chi connectivity index (χ1v) is 6.03. The number of furan rings is 1. The fraction of sp³-hybridized carbons (Fsp3) is 0.143. The van der Waals surface area contributed by atoms with Crippen LogP contribution in [0.5, 0.6) is 5.75 Å². The molecule has 0 amide bonds. The first-order chi connectivity index (χ1) is 9.70. The number of rotatable bonds is 3. The number of H-pyrrole nitrogens is 1. The molecule has 1 N–H and O–H groups in total. The smallest absolute Gasteiger partial charge is 0.329 e. The standard InChI is InChI=1S/C14H12N2O4/c1-19-11-6-2-5-10-12(11)15-14(18)16(13(10)17)8-9-4-3-7-20-9/h2-7H,8H2,1H3,(H,15,18). The van der Waals surface area contributed by atoms with Crippen LogP contribution in [0, 0.1) is 0 Å². The highest BCUT2D eigenvalue weighted by Gasteiger charge is 2.11. The van der Waals surface area contributed by atoms with Gasteiger partial charge in [-0.25, -0.2) is 4.79 Å². The Balaban J connectivity index is 2.25. The summed E-state index contributed by atoms with van der Waals surface area (Å²) in [7, 11) is 1.49. The molecule has 0 atom stereocenters. The van der Waals surface area contributed by atoms with Crippen molar-refractivity contribution in [1.29, 1.82) is 0 Å². The Hall–Kier alpha value is -2.76. The predicted octanol–water partition coefficient (Wildman–Crippen LogP) is 1.34. The van der Waals surface area contributed by atoms with Crippen LogP contribution in [-0.4, -0.2) is 16.7 Å². The Morgan fingerprint density at radius 2 is 2.10 bits per heavy atom. The molecule has 0 fully saturated rings. The Labute approximate surface area is 113 Å². The predicted molar refractivity (Wildman–Crippen MR) is 73.2 cm³/mol. The van der Waals surface area contributed by atoms with Crippen molar-refractivity contribution in [2.24, 2.45) is 0 Å². The van der Waals surface area contributed by atoms with Gasteiger partial charge in [0.25, 0.3) is 5.56 Å².